The number of methoxy groups -OCH3 is 1. The lowest BCUT2D eigenvalue weighted by molar-refractivity contribution is 0.177. The van der Waals surface area contributed by atoms with E-state index in [0.29, 0.717) is 31.2 Å². The van der Waals surface area contributed by atoms with Crippen molar-refractivity contribution in [1.29, 1.82) is 0 Å². The summed E-state index contributed by atoms with van der Waals surface area (Å²) in [5.41, 5.74) is 3.16. The number of rotatable bonds is 19. The molecule has 0 saturated carbocycles. The van der Waals surface area contributed by atoms with Gasteiger partial charge >= 0.3 is 0 Å². The van der Waals surface area contributed by atoms with Crippen molar-refractivity contribution in [3.05, 3.63) is 102 Å². The Balaban J connectivity index is 1.64. The number of benzene rings is 3. The first-order valence-electron chi connectivity index (χ1n) is 14.8. The van der Waals surface area contributed by atoms with Gasteiger partial charge in [0, 0.05) is 18.0 Å². The molecule has 224 valence electrons. The van der Waals surface area contributed by atoms with Gasteiger partial charge in [-0.3, -0.25) is 5.32 Å². The van der Waals surface area contributed by atoms with Gasteiger partial charge < -0.3 is 13.8 Å². The molecule has 0 radical (unpaired) electrons. The molecule has 0 aliphatic rings. The molecule has 0 fully saturated rings. The number of halogens is 1. The van der Waals surface area contributed by atoms with Crippen molar-refractivity contribution < 1.29 is 13.8 Å². The molecule has 1 N–H and O–H groups in total. The molecule has 1 unspecified atom stereocenters. The van der Waals surface area contributed by atoms with E-state index in [1.54, 1.807) is 7.11 Å². The summed E-state index contributed by atoms with van der Waals surface area (Å²) >= 11 is 5.90. The topological polar surface area (TPSA) is 43.0 Å². The summed E-state index contributed by atoms with van der Waals surface area (Å²) in [6, 6.07) is 30.6. The summed E-state index contributed by atoms with van der Waals surface area (Å²) in [6.45, 7) is 10.8. The van der Waals surface area contributed by atoms with Crippen LogP contribution in [-0.2, 0) is 14.6 Å². The van der Waals surface area contributed by atoms with Crippen LogP contribution in [0.3, 0.4) is 0 Å². The second-order valence-corrected chi connectivity index (χ2v) is 12.5. The highest BCUT2D eigenvalue weighted by Crippen LogP contribution is 2.46. The van der Waals surface area contributed by atoms with Crippen LogP contribution in [0.1, 0.15) is 70.1 Å². The lowest BCUT2D eigenvalue weighted by atomic mass is 9.77. The fourth-order valence-electron chi connectivity index (χ4n) is 5.28. The van der Waals surface area contributed by atoms with E-state index in [-0.39, 0.29) is 0 Å². The lowest BCUT2D eigenvalue weighted by Crippen LogP contribution is -2.45. The summed E-state index contributed by atoms with van der Waals surface area (Å²) in [7, 11) is 0.602. The Kier molecular flexibility index (Phi) is 14.6. The van der Waals surface area contributed by atoms with Gasteiger partial charge in [-0.05, 0) is 75.9 Å². The van der Waals surface area contributed by atoms with Crippen molar-refractivity contribution in [2.75, 3.05) is 32.7 Å². The number of alkyl halides is 1. The van der Waals surface area contributed by atoms with Gasteiger partial charge in [0.05, 0.1) is 25.9 Å². The first-order valence-corrected chi connectivity index (χ1v) is 16.5. The van der Waals surface area contributed by atoms with Gasteiger partial charge in [-0.2, -0.15) is 0 Å². The number of hydrogen-bond acceptors (Lipinski definition) is 5. The quantitative estimate of drug-likeness (QED) is 0.0646. The summed E-state index contributed by atoms with van der Waals surface area (Å²) in [6.07, 6.45) is 4.31. The molecule has 0 bridgehead atoms. The number of nitrogens with one attached hydrogen (secondary N) is 1. The van der Waals surface area contributed by atoms with E-state index in [1.807, 2.05) is 12.1 Å². The molecular weight excluding hydrogens is 551 g/mol. The molecule has 0 heterocycles. The third kappa shape index (κ3) is 9.51. The van der Waals surface area contributed by atoms with E-state index in [4.69, 9.17) is 25.4 Å². The van der Waals surface area contributed by atoms with E-state index in [2.05, 4.69) is 110 Å². The van der Waals surface area contributed by atoms with Crippen LogP contribution in [0.15, 0.2) is 84.9 Å². The van der Waals surface area contributed by atoms with E-state index in [1.165, 1.54) is 16.7 Å². The van der Waals surface area contributed by atoms with Crippen molar-refractivity contribution in [1.82, 2.24) is 9.99 Å². The zero-order chi connectivity index (χ0) is 29.5. The zero-order valence-electron chi connectivity index (χ0n) is 25.4. The fourth-order valence-corrected chi connectivity index (χ4v) is 7.09. The number of ether oxygens (including phenoxy) is 1. The zero-order valence-corrected chi connectivity index (χ0v) is 27.0. The molecule has 41 heavy (non-hydrogen) atoms. The predicted molar refractivity (Wildman–Crippen MR) is 174 cm³/mol. The second-order valence-electron chi connectivity index (χ2n) is 10.7. The summed E-state index contributed by atoms with van der Waals surface area (Å²) in [5, 5.41) is 3.98. The van der Waals surface area contributed by atoms with Gasteiger partial charge in [-0.25, -0.2) is 4.67 Å². The molecule has 1 atom stereocenters. The van der Waals surface area contributed by atoms with Gasteiger partial charge in [0.1, 0.15) is 5.75 Å². The van der Waals surface area contributed by atoms with Gasteiger partial charge in [0.15, 0.2) is 0 Å². The molecule has 3 aromatic carbocycles. The van der Waals surface area contributed by atoms with Crippen LogP contribution in [0.4, 0.5) is 0 Å². The largest absolute Gasteiger partial charge is 0.497 e. The maximum atomic E-state index is 6.27. The number of hydrogen-bond donors (Lipinski definition) is 1. The molecule has 0 aliphatic carbocycles. The lowest BCUT2D eigenvalue weighted by Gasteiger charge is -2.37. The SMILES string of the molecule is COc1ccc(C(NCCCCCCOP(OCCCl)N(C(C)C)C(C)C)(c2ccccc2)c2ccccc2)cc1. The van der Waals surface area contributed by atoms with Crippen molar-refractivity contribution in [2.24, 2.45) is 0 Å². The Bertz CT molecular complexity index is 1050. The Morgan fingerprint density at radius 2 is 1.22 bits per heavy atom. The third-order valence-corrected chi connectivity index (χ3v) is 9.39. The van der Waals surface area contributed by atoms with Crippen LogP contribution >= 0.6 is 20.1 Å². The van der Waals surface area contributed by atoms with Crippen LogP contribution in [0.25, 0.3) is 0 Å². The summed E-state index contributed by atoms with van der Waals surface area (Å²) < 4.78 is 20.1. The second kappa shape index (κ2) is 17.9. The van der Waals surface area contributed by atoms with Crippen LogP contribution in [-0.4, -0.2) is 49.5 Å². The van der Waals surface area contributed by atoms with Crippen LogP contribution in [0, 0.1) is 0 Å². The maximum absolute atomic E-state index is 6.27. The molecule has 5 nitrogen and oxygen atoms in total. The minimum atomic E-state index is -1.11. The van der Waals surface area contributed by atoms with Gasteiger partial charge in [0.25, 0.3) is 8.53 Å². The molecule has 0 aromatic heterocycles. The summed E-state index contributed by atoms with van der Waals surface area (Å²) in [4.78, 5) is 0. The molecule has 7 heteroatoms. The highest BCUT2D eigenvalue weighted by molar-refractivity contribution is 7.44. The predicted octanol–water partition coefficient (Wildman–Crippen LogP) is 8.75. The Morgan fingerprint density at radius 1 is 0.707 bits per heavy atom. The van der Waals surface area contributed by atoms with Crippen LogP contribution < -0.4 is 10.1 Å². The minimum absolute atomic E-state index is 0.350. The fraction of sp³-hybridized carbons (Fsp3) is 0.471. The average molecular weight is 599 g/mol. The van der Waals surface area contributed by atoms with E-state index >= 15 is 0 Å². The molecule has 0 saturated heterocycles. The van der Waals surface area contributed by atoms with E-state index in [9.17, 15) is 0 Å². The smallest absolute Gasteiger partial charge is 0.259 e. The highest BCUT2D eigenvalue weighted by atomic mass is 35.5. The molecule has 3 rings (SSSR count). The summed E-state index contributed by atoms with van der Waals surface area (Å²) in [5.74, 6) is 1.33. The van der Waals surface area contributed by atoms with Gasteiger partial charge in [0.2, 0.25) is 0 Å². The Hall–Kier alpha value is -1.98. The Morgan fingerprint density at radius 3 is 1.73 bits per heavy atom. The molecule has 0 spiro atoms. The third-order valence-electron chi connectivity index (χ3n) is 7.13. The molecule has 3 aromatic rings. The maximum Gasteiger partial charge on any atom is 0.259 e. The van der Waals surface area contributed by atoms with Crippen molar-refractivity contribution in [2.45, 2.75) is 71.0 Å². The van der Waals surface area contributed by atoms with Crippen molar-refractivity contribution >= 4 is 20.1 Å². The highest BCUT2D eigenvalue weighted by Gasteiger charge is 2.35. The van der Waals surface area contributed by atoms with Crippen LogP contribution in [0.5, 0.6) is 5.75 Å². The first kappa shape index (κ1) is 33.5. The first-order chi connectivity index (χ1) is 19.9. The standard InChI is InChI=1S/C34H48ClN2O3P/c1-28(2)37(29(3)4)41(40-27-24-35)39-26-15-7-6-14-25-36-34(30-16-10-8-11-17-30,31-18-12-9-13-19-31)32-20-22-33(38-5)23-21-32/h8-13,16-23,28-29,36H,6-7,14-15,24-27H2,1-5H3. The van der Waals surface area contributed by atoms with Crippen molar-refractivity contribution in [3.8, 4) is 5.75 Å². The van der Waals surface area contributed by atoms with Gasteiger partial charge in [-0.1, -0.05) is 85.6 Å². The van der Waals surface area contributed by atoms with Crippen molar-refractivity contribution in [3.63, 3.8) is 0 Å². The van der Waals surface area contributed by atoms with Crippen LogP contribution in [0.2, 0.25) is 0 Å². The Labute approximate surface area is 254 Å². The minimum Gasteiger partial charge on any atom is -0.497 e. The molecular formula is C34H48ClN2O3P. The van der Waals surface area contributed by atoms with E-state index in [0.717, 1.165) is 38.0 Å². The monoisotopic (exact) mass is 598 g/mol. The average Bonchev–Trinajstić information content (AvgIpc) is 2.99. The van der Waals surface area contributed by atoms with E-state index < -0.39 is 14.1 Å². The molecule has 0 amide bonds. The molecule has 0 aliphatic heterocycles. The number of unbranched alkanes of at least 4 members (excludes halogenated alkanes) is 3. The van der Waals surface area contributed by atoms with Gasteiger partial charge in [-0.15, -0.1) is 11.6 Å². The normalized spacial score (nSPS) is 12.8. The number of nitrogens with zero attached hydrogens (tertiary/aromatic N) is 1.